The number of amides is 1. The molecule has 0 atom stereocenters. The van der Waals surface area contributed by atoms with E-state index >= 15 is 0 Å². The molecule has 1 amide bonds. The van der Waals surface area contributed by atoms with Gasteiger partial charge in [-0.05, 0) is 13.0 Å². The van der Waals surface area contributed by atoms with Crippen molar-refractivity contribution in [3.63, 3.8) is 0 Å². The highest BCUT2D eigenvalue weighted by Gasteiger charge is 2.14. The van der Waals surface area contributed by atoms with Crippen molar-refractivity contribution in [2.24, 2.45) is 5.73 Å². The van der Waals surface area contributed by atoms with Crippen LogP contribution < -0.4 is 25.3 Å². The van der Waals surface area contributed by atoms with E-state index in [9.17, 15) is 4.79 Å². The van der Waals surface area contributed by atoms with Crippen molar-refractivity contribution in [2.45, 2.75) is 19.4 Å². The number of hydrogen-bond acceptors (Lipinski definition) is 5. The lowest BCUT2D eigenvalue weighted by molar-refractivity contribution is -0.121. The highest BCUT2D eigenvalue weighted by Crippen LogP contribution is 2.33. The maximum atomic E-state index is 11.6. The predicted molar refractivity (Wildman–Crippen MR) is 76.2 cm³/mol. The van der Waals surface area contributed by atoms with Gasteiger partial charge >= 0.3 is 0 Å². The van der Waals surface area contributed by atoms with Crippen molar-refractivity contribution in [1.29, 1.82) is 0 Å². The van der Waals surface area contributed by atoms with E-state index in [0.717, 1.165) is 5.56 Å². The molecule has 6 nitrogen and oxygen atoms in total. The second-order valence-electron chi connectivity index (χ2n) is 4.18. The molecule has 0 aliphatic rings. The number of nitrogens with two attached hydrogens (primary N) is 1. The van der Waals surface area contributed by atoms with E-state index in [4.69, 9.17) is 19.9 Å². The molecule has 0 aliphatic carbocycles. The molecule has 0 spiro atoms. The van der Waals surface area contributed by atoms with Crippen LogP contribution in [0.3, 0.4) is 0 Å². The molecule has 0 heterocycles. The first-order valence-corrected chi connectivity index (χ1v) is 6.41. The first kappa shape index (κ1) is 16.1. The van der Waals surface area contributed by atoms with Gasteiger partial charge in [-0.15, -0.1) is 0 Å². The van der Waals surface area contributed by atoms with Gasteiger partial charge in [-0.2, -0.15) is 0 Å². The molecule has 0 saturated carbocycles. The zero-order valence-electron chi connectivity index (χ0n) is 12.2. The highest BCUT2D eigenvalue weighted by molar-refractivity contribution is 5.76. The van der Waals surface area contributed by atoms with Crippen LogP contribution in [0, 0.1) is 0 Å². The third kappa shape index (κ3) is 4.31. The predicted octanol–water partition coefficient (Wildman–Crippen LogP) is 1.07. The van der Waals surface area contributed by atoms with Crippen molar-refractivity contribution in [3.8, 4) is 17.2 Å². The standard InChI is InChI=1S/C14H22N2O4/c1-18-10-7-12(19-2)11(13(8-10)20-3)9-16-14(17)5-4-6-15/h7-8H,4-6,9,15H2,1-3H3,(H,16,17). The van der Waals surface area contributed by atoms with Crippen LogP contribution >= 0.6 is 0 Å². The summed E-state index contributed by atoms with van der Waals surface area (Å²) >= 11 is 0. The number of rotatable bonds is 8. The van der Waals surface area contributed by atoms with Crippen LogP contribution in [0.1, 0.15) is 18.4 Å². The zero-order chi connectivity index (χ0) is 15.0. The van der Waals surface area contributed by atoms with Gasteiger partial charge in [0.15, 0.2) is 0 Å². The molecule has 3 N–H and O–H groups in total. The summed E-state index contributed by atoms with van der Waals surface area (Å²) < 4.78 is 15.8. The van der Waals surface area contributed by atoms with Gasteiger partial charge in [0.1, 0.15) is 17.2 Å². The fraction of sp³-hybridized carbons (Fsp3) is 0.500. The fourth-order valence-corrected chi connectivity index (χ4v) is 1.79. The summed E-state index contributed by atoms with van der Waals surface area (Å²) in [5.74, 6) is 1.81. The van der Waals surface area contributed by atoms with Crippen LogP contribution in [-0.4, -0.2) is 33.8 Å². The monoisotopic (exact) mass is 282 g/mol. The van der Waals surface area contributed by atoms with Crippen molar-refractivity contribution < 1.29 is 19.0 Å². The van der Waals surface area contributed by atoms with Crippen LogP contribution in [0.5, 0.6) is 17.2 Å². The average molecular weight is 282 g/mol. The first-order chi connectivity index (χ1) is 9.65. The van der Waals surface area contributed by atoms with E-state index in [1.807, 2.05) is 0 Å². The lowest BCUT2D eigenvalue weighted by Crippen LogP contribution is -2.23. The van der Waals surface area contributed by atoms with Crippen LogP contribution in [-0.2, 0) is 11.3 Å². The lowest BCUT2D eigenvalue weighted by atomic mass is 10.1. The third-order valence-electron chi connectivity index (χ3n) is 2.89. The molecule has 1 rings (SSSR count). The molecule has 0 fully saturated rings. The summed E-state index contributed by atoms with van der Waals surface area (Å²) in [6, 6.07) is 3.51. The minimum Gasteiger partial charge on any atom is -0.496 e. The second kappa shape index (κ2) is 8.27. The number of ether oxygens (including phenoxy) is 3. The van der Waals surface area contributed by atoms with Gasteiger partial charge in [0, 0.05) is 18.6 Å². The molecule has 0 radical (unpaired) electrons. The Bertz CT molecular complexity index is 424. The Morgan fingerprint density at radius 1 is 1.15 bits per heavy atom. The van der Waals surface area contributed by atoms with Crippen LogP contribution in [0.15, 0.2) is 12.1 Å². The van der Waals surface area contributed by atoms with Gasteiger partial charge in [0.2, 0.25) is 5.91 Å². The summed E-state index contributed by atoms with van der Waals surface area (Å²) in [5, 5.41) is 2.83. The molecule has 0 aliphatic heterocycles. The second-order valence-corrected chi connectivity index (χ2v) is 4.18. The van der Waals surface area contributed by atoms with E-state index in [-0.39, 0.29) is 5.91 Å². The summed E-state index contributed by atoms with van der Waals surface area (Å²) in [4.78, 5) is 11.6. The normalized spacial score (nSPS) is 10.0. The number of nitrogens with one attached hydrogen (secondary N) is 1. The molecule has 0 aromatic heterocycles. The van der Waals surface area contributed by atoms with Crippen molar-refractivity contribution in [1.82, 2.24) is 5.32 Å². The Kier molecular flexibility index (Phi) is 6.66. The van der Waals surface area contributed by atoms with E-state index in [1.165, 1.54) is 0 Å². The van der Waals surface area contributed by atoms with Crippen molar-refractivity contribution in [3.05, 3.63) is 17.7 Å². The minimum atomic E-state index is -0.0459. The number of hydrogen-bond donors (Lipinski definition) is 2. The molecular weight excluding hydrogens is 260 g/mol. The van der Waals surface area contributed by atoms with Gasteiger partial charge in [0.05, 0.1) is 33.4 Å². The molecular formula is C14H22N2O4. The fourth-order valence-electron chi connectivity index (χ4n) is 1.79. The molecule has 6 heteroatoms. The Morgan fingerprint density at radius 3 is 2.20 bits per heavy atom. The SMILES string of the molecule is COc1cc(OC)c(CNC(=O)CCCN)c(OC)c1. The maximum Gasteiger partial charge on any atom is 0.220 e. The average Bonchev–Trinajstić information content (AvgIpc) is 2.49. The largest absolute Gasteiger partial charge is 0.496 e. The minimum absolute atomic E-state index is 0.0459. The van der Waals surface area contributed by atoms with E-state index in [2.05, 4.69) is 5.32 Å². The topological polar surface area (TPSA) is 82.8 Å². The van der Waals surface area contributed by atoms with Gasteiger partial charge in [-0.1, -0.05) is 0 Å². The van der Waals surface area contributed by atoms with Gasteiger partial charge in [0.25, 0.3) is 0 Å². The van der Waals surface area contributed by atoms with E-state index < -0.39 is 0 Å². The molecule has 1 aromatic carbocycles. The van der Waals surface area contributed by atoms with Crippen molar-refractivity contribution in [2.75, 3.05) is 27.9 Å². The van der Waals surface area contributed by atoms with Crippen LogP contribution in [0.25, 0.3) is 0 Å². The van der Waals surface area contributed by atoms with Gasteiger partial charge < -0.3 is 25.3 Å². The summed E-state index contributed by atoms with van der Waals surface area (Å²) in [5.41, 5.74) is 6.15. The van der Waals surface area contributed by atoms with Crippen LogP contribution in [0.2, 0.25) is 0 Å². The van der Waals surface area contributed by atoms with E-state index in [0.29, 0.717) is 43.2 Å². The smallest absolute Gasteiger partial charge is 0.220 e. The number of benzene rings is 1. The lowest BCUT2D eigenvalue weighted by Gasteiger charge is -2.15. The highest BCUT2D eigenvalue weighted by atomic mass is 16.5. The number of carbonyl (C=O) groups excluding carboxylic acids is 1. The zero-order valence-corrected chi connectivity index (χ0v) is 12.2. The Balaban J connectivity index is 2.84. The molecule has 20 heavy (non-hydrogen) atoms. The number of carbonyl (C=O) groups is 1. The Morgan fingerprint density at radius 2 is 1.75 bits per heavy atom. The van der Waals surface area contributed by atoms with Gasteiger partial charge in [-0.25, -0.2) is 0 Å². The van der Waals surface area contributed by atoms with E-state index in [1.54, 1.807) is 33.5 Å². The molecule has 0 unspecified atom stereocenters. The van der Waals surface area contributed by atoms with Gasteiger partial charge in [-0.3, -0.25) is 4.79 Å². The third-order valence-corrected chi connectivity index (χ3v) is 2.89. The molecule has 112 valence electrons. The molecule has 1 aromatic rings. The summed E-state index contributed by atoms with van der Waals surface area (Å²) in [7, 11) is 4.70. The first-order valence-electron chi connectivity index (χ1n) is 6.41. The van der Waals surface area contributed by atoms with Crippen molar-refractivity contribution >= 4 is 5.91 Å². The Labute approximate surface area is 119 Å². The summed E-state index contributed by atoms with van der Waals surface area (Å²) in [6.07, 6.45) is 1.08. The summed E-state index contributed by atoms with van der Waals surface area (Å²) in [6.45, 7) is 0.836. The van der Waals surface area contributed by atoms with Crippen LogP contribution in [0.4, 0.5) is 0 Å². The maximum absolute atomic E-state index is 11.6. The quantitative estimate of drug-likeness (QED) is 0.745. The Hall–Kier alpha value is -1.95. The molecule has 0 bridgehead atoms. The number of methoxy groups -OCH3 is 3. The molecule has 0 saturated heterocycles.